The van der Waals surface area contributed by atoms with Gasteiger partial charge in [0.2, 0.25) is 0 Å². The molecule has 0 N–H and O–H groups in total. The Labute approximate surface area is 82.8 Å². The molecule has 0 saturated carbocycles. The van der Waals surface area contributed by atoms with E-state index in [1.165, 1.54) is 0 Å². The first kappa shape index (κ1) is 8.53. The van der Waals surface area contributed by atoms with Crippen LogP contribution in [0.25, 0.3) is 0 Å². The van der Waals surface area contributed by atoms with Gasteiger partial charge in [0.15, 0.2) is 5.41 Å². The molecule has 0 aliphatic heterocycles. The molecule has 0 aromatic carbocycles. The van der Waals surface area contributed by atoms with Crippen LogP contribution in [-0.2, 0) is 0 Å². The molecule has 0 aromatic rings. The number of hydrogen-bond acceptors (Lipinski definition) is 2. The van der Waals surface area contributed by atoms with E-state index in [9.17, 15) is 0 Å². The van der Waals surface area contributed by atoms with Crippen molar-refractivity contribution in [3.8, 4) is 12.1 Å². The number of rotatable bonds is 0. The fourth-order valence-electron chi connectivity index (χ4n) is 1.76. The van der Waals surface area contributed by atoms with Crippen molar-refractivity contribution >= 4 is 0 Å². The average Bonchev–Trinajstić information content (AvgIpc) is 2.42. The number of allylic oxidation sites excluding steroid dienone is 8. The first-order valence-electron chi connectivity index (χ1n) is 4.39. The molecule has 0 spiro atoms. The van der Waals surface area contributed by atoms with Crippen LogP contribution in [0.1, 0.15) is 0 Å². The molecule has 0 radical (unpaired) electrons. The van der Waals surface area contributed by atoms with Crippen molar-refractivity contribution in [1.82, 2.24) is 0 Å². The van der Waals surface area contributed by atoms with Gasteiger partial charge in [-0.1, -0.05) is 36.5 Å². The summed E-state index contributed by atoms with van der Waals surface area (Å²) in [5.41, 5.74) is 0.0204. The van der Waals surface area contributed by atoms with Gasteiger partial charge in [0.1, 0.15) is 0 Å². The zero-order chi connectivity index (χ0) is 10.0. The second kappa shape index (κ2) is 3.01. The quantitative estimate of drug-likeness (QED) is 0.574. The second-order valence-electron chi connectivity index (χ2n) is 3.34. The molecule has 2 rings (SSSR count). The summed E-state index contributed by atoms with van der Waals surface area (Å²) < 4.78 is 0. The Kier molecular flexibility index (Phi) is 1.84. The Morgan fingerprint density at radius 3 is 2.64 bits per heavy atom. The summed E-state index contributed by atoms with van der Waals surface area (Å²) in [6, 6.07) is 4.17. The molecule has 1 unspecified atom stereocenters. The van der Waals surface area contributed by atoms with Gasteiger partial charge in [0, 0.05) is 5.92 Å². The van der Waals surface area contributed by atoms with Crippen LogP contribution in [0.4, 0.5) is 0 Å². The smallest absolute Gasteiger partial charge is 0.172 e. The van der Waals surface area contributed by atoms with E-state index in [-0.39, 0.29) is 5.92 Å². The van der Waals surface area contributed by atoms with Gasteiger partial charge in [0.05, 0.1) is 12.1 Å². The maximum Gasteiger partial charge on any atom is 0.172 e. The van der Waals surface area contributed by atoms with Gasteiger partial charge in [0.25, 0.3) is 0 Å². The van der Waals surface area contributed by atoms with Crippen molar-refractivity contribution in [2.24, 2.45) is 11.3 Å². The number of nitrogens with zero attached hydrogens (tertiary/aromatic N) is 2. The number of hydrogen-bond donors (Lipinski definition) is 0. The highest BCUT2D eigenvalue weighted by atomic mass is 14.5. The summed E-state index contributed by atoms with van der Waals surface area (Å²) in [6.07, 6.45) is 13.1. The summed E-state index contributed by atoms with van der Waals surface area (Å²) in [5, 5.41) is 18.1. The molecule has 2 heteroatoms. The molecule has 2 aliphatic carbocycles. The molecule has 0 bridgehead atoms. The lowest BCUT2D eigenvalue weighted by molar-refractivity contribution is 0.563. The highest BCUT2D eigenvalue weighted by Crippen LogP contribution is 2.41. The topological polar surface area (TPSA) is 47.6 Å². The minimum absolute atomic E-state index is 0.118. The Balaban J connectivity index is 2.52. The molecule has 2 nitrogen and oxygen atoms in total. The van der Waals surface area contributed by atoms with E-state index in [0.29, 0.717) is 0 Å². The first-order chi connectivity index (χ1) is 6.82. The Morgan fingerprint density at radius 1 is 1.14 bits per heavy atom. The van der Waals surface area contributed by atoms with Crippen molar-refractivity contribution in [3.05, 3.63) is 48.1 Å². The lowest BCUT2D eigenvalue weighted by Crippen LogP contribution is -2.20. The second-order valence-corrected chi connectivity index (χ2v) is 3.34. The van der Waals surface area contributed by atoms with E-state index >= 15 is 0 Å². The fourth-order valence-corrected chi connectivity index (χ4v) is 1.76. The van der Waals surface area contributed by atoms with Crippen LogP contribution >= 0.6 is 0 Å². The highest BCUT2D eigenvalue weighted by Gasteiger charge is 2.41. The molecule has 0 amide bonds. The Hall–Kier alpha value is -2.06. The third kappa shape index (κ3) is 1.02. The van der Waals surface area contributed by atoms with Gasteiger partial charge < -0.3 is 0 Å². The third-order valence-electron chi connectivity index (χ3n) is 2.57. The van der Waals surface area contributed by atoms with Crippen LogP contribution in [0, 0.1) is 34.0 Å². The van der Waals surface area contributed by atoms with E-state index in [0.717, 1.165) is 5.57 Å². The summed E-state index contributed by atoms with van der Waals surface area (Å²) in [4.78, 5) is 0. The lowest BCUT2D eigenvalue weighted by atomic mass is 9.79. The maximum atomic E-state index is 9.04. The Morgan fingerprint density at radius 2 is 1.93 bits per heavy atom. The van der Waals surface area contributed by atoms with Gasteiger partial charge in [-0.25, -0.2) is 0 Å². The van der Waals surface area contributed by atoms with E-state index < -0.39 is 5.41 Å². The molecule has 0 saturated heterocycles. The predicted octanol–water partition coefficient (Wildman–Crippen LogP) is 2.26. The van der Waals surface area contributed by atoms with E-state index in [4.69, 9.17) is 10.5 Å². The van der Waals surface area contributed by atoms with Crippen LogP contribution in [0.2, 0.25) is 0 Å². The van der Waals surface area contributed by atoms with E-state index in [1.54, 1.807) is 6.08 Å². The van der Waals surface area contributed by atoms with Gasteiger partial charge in [-0.3, -0.25) is 0 Å². The van der Waals surface area contributed by atoms with Gasteiger partial charge in [-0.05, 0) is 11.6 Å². The monoisotopic (exact) mass is 180 g/mol. The number of nitriles is 2. The van der Waals surface area contributed by atoms with Crippen LogP contribution in [0.5, 0.6) is 0 Å². The highest BCUT2D eigenvalue weighted by molar-refractivity contribution is 5.49. The fraction of sp³-hybridized carbons (Fsp3) is 0.167. The van der Waals surface area contributed by atoms with Crippen molar-refractivity contribution in [2.75, 3.05) is 0 Å². The van der Waals surface area contributed by atoms with Crippen molar-refractivity contribution < 1.29 is 0 Å². The zero-order valence-corrected chi connectivity index (χ0v) is 7.51. The van der Waals surface area contributed by atoms with Crippen LogP contribution < -0.4 is 0 Å². The molecular formula is C12H8N2. The zero-order valence-electron chi connectivity index (χ0n) is 7.51. The van der Waals surface area contributed by atoms with E-state index in [2.05, 4.69) is 12.1 Å². The standard InChI is InChI=1S/C12H8N2/c13-8-12(9-14)7-6-10-4-2-1-3-5-11(10)12/h1-7,11H. The minimum Gasteiger partial charge on any atom is -0.196 e. The lowest BCUT2D eigenvalue weighted by Gasteiger charge is -2.17. The predicted molar refractivity (Wildman–Crippen MR) is 52.7 cm³/mol. The summed E-state index contributed by atoms with van der Waals surface area (Å²) >= 11 is 0. The third-order valence-corrected chi connectivity index (χ3v) is 2.57. The molecule has 2 aliphatic rings. The SMILES string of the molecule is N#CC1(C#N)C=CC2=CC=CC=CC21. The number of fused-ring (bicyclic) bond motifs is 1. The van der Waals surface area contributed by atoms with Gasteiger partial charge in [-0.15, -0.1) is 0 Å². The molecule has 0 heterocycles. The maximum absolute atomic E-state index is 9.04. The molecule has 0 fully saturated rings. The van der Waals surface area contributed by atoms with E-state index in [1.807, 2.05) is 36.5 Å². The van der Waals surface area contributed by atoms with Crippen molar-refractivity contribution in [2.45, 2.75) is 0 Å². The molecule has 14 heavy (non-hydrogen) atoms. The van der Waals surface area contributed by atoms with Crippen LogP contribution in [0.15, 0.2) is 48.1 Å². The summed E-state index contributed by atoms with van der Waals surface area (Å²) in [7, 11) is 0. The molecule has 1 atom stereocenters. The van der Waals surface area contributed by atoms with Crippen molar-refractivity contribution in [3.63, 3.8) is 0 Å². The summed E-state index contributed by atoms with van der Waals surface area (Å²) in [6.45, 7) is 0. The van der Waals surface area contributed by atoms with Crippen molar-refractivity contribution in [1.29, 1.82) is 10.5 Å². The van der Waals surface area contributed by atoms with Crippen LogP contribution in [0.3, 0.4) is 0 Å². The molecule has 0 aromatic heterocycles. The average molecular weight is 180 g/mol. The Bertz CT molecular complexity index is 436. The summed E-state index contributed by atoms with van der Waals surface area (Å²) in [5.74, 6) is -0.118. The first-order valence-corrected chi connectivity index (χ1v) is 4.39. The minimum atomic E-state index is -1.01. The molecular weight excluding hydrogens is 172 g/mol. The van der Waals surface area contributed by atoms with Crippen LogP contribution in [-0.4, -0.2) is 0 Å². The van der Waals surface area contributed by atoms with Gasteiger partial charge in [-0.2, -0.15) is 10.5 Å². The normalized spacial score (nSPS) is 25.9. The molecule has 66 valence electrons. The van der Waals surface area contributed by atoms with Gasteiger partial charge >= 0.3 is 0 Å². The largest absolute Gasteiger partial charge is 0.196 e.